The van der Waals surface area contributed by atoms with E-state index in [0.717, 1.165) is 11.1 Å². The SMILES string of the molecule is CCOc1ccccc1NC(=O)C(C)n1cnc2scc(-c3ccc(Cl)cc3)c2c1=O. The lowest BCUT2D eigenvalue weighted by atomic mass is 10.1. The molecule has 1 atom stereocenters. The Morgan fingerprint density at radius 3 is 2.71 bits per heavy atom. The third-order valence-electron chi connectivity index (χ3n) is 4.92. The lowest BCUT2D eigenvalue weighted by Gasteiger charge is -2.17. The van der Waals surface area contributed by atoms with Crippen molar-refractivity contribution < 1.29 is 9.53 Å². The van der Waals surface area contributed by atoms with Crippen molar-refractivity contribution in [3.05, 3.63) is 75.6 Å². The number of ether oxygens (including phenoxy) is 1. The maximum absolute atomic E-state index is 13.3. The van der Waals surface area contributed by atoms with Crippen LogP contribution in [-0.4, -0.2) is 22.1 Å². The van der Waals surface area contributed by atoms with Gasteiger partial charge in [0.05, 0.1) is 24.0 Å². The van der Waals surface area contributed by atoms with Gasteiger partial charge in [0.1, 0.15) is 16.6 Å². The van der Waals surface area contributed by atoms with Gasteiger partial charge in [-0.2, -0.15) is 0 Å². The number of nitrogens with one attached hydrogen (secondary N) is 1. The van der Waals surface area contributed by atoms with Gasteiger partial charge in [-0.1, -0.05) is 35.9 Å². The number of fused-ring (bicyclic) bond motifs is 1. The van der Waals surface area contributed by atoms with Crippen molar-refractivity contribution >= 4 is 44.7 Å². The molecule has 31 heavy (non-hydrogen) atoms. The molecule has 0 aliphatic heterocycles. The third kappa shape index (κ3) is 4.19. The Morgan fingerprint density at radius 1 is 1.23 bits per heavy atom. The molecule has 0 radical (unpaired) electrons. The van der Waals surface area contributed by atoms with Gasteiger partial charge in [0.2, 0.25) is 5.91 Å². The van der Waals surface area contributed by atoms with Crippen LogP contribution in [0.5, 0.6) is 5.75 Å². The Bertz CT molecular complexity index is 1300. The van der Waals surface area contributed by atoms with Crippen LogP contribution in [-0.2, 0) is 4.79 Å². The Labute approximate surface area is 188 Å². The van der Waals surface area contributed by atoms with Crippen molar-refractivity contribution in [2.75, 3.05) is 11.9 Å². The number of hydrogen-bond acceptors (Lipinski definition) is 5. The van der Waals surface area contributed by atoms with Gasteiger partial charge in [-0.3, -0.25) is 14.2 Å². The molecular weight excluding hydrogens is 434 g/mol. The fraction of sp³-hybridized carbons (Fsp3) is 0.174. The van der Waals surface area contributed by atoms with E-state index in [-0.39, 0.29) is 11.5 Å². The van der Waals surface area contributed by atoms with Gasteiger partial charge < -0.3 is 10.1 Å². The molecule has 1 N–H and O–H groups in total. The second-order valence-corrected chi connectivity index (χ2v) is 8.18. The van der Waals surface area contributed by atoms with E-state index in [9.17, 15) is 9.59 Å². The van der Waals surface area contributed by atoms with E-state index < -0.39 is 6.04 Å². The maximum Gasteiger partial charge on any atom is 0.263 e. The van der Waals surface area contributed by atoms with Crippen LogP contribution in [0.15, 0.2) is 65.0 Å². The summed E-state index contributed by atoms with van der Waals surface area (Å²) in [5, 5.41) is 5.86. The summed E-state index contributed by atoms with van der Waals surface area (Å²) in [5.74, 6) is 0.244. The molecule has 158 valence electrons. The molecule has 0 aliphatic rings. The molecule has 2 heterocycles. The molecule has 6 nitrogen and oxygen atoms in total. The summed E-state index contributed by atoms with van der Waals surface area (Å²) in [6.07, 6.45) is 1.42. The summed E-state index contributed by atoms with van der Waals surface area (Å²) in [6, 6.07) is 13.7. The van der Waals surface area contributed by atoms with Gasteiger partial charge in [0.25, 0.3) is 5.56 Å². The number of rotatable bonds is 6. The number of halogens is 1. The first-order valence-corrected chi connectivity index (χ1v) is 11.0. The molecule has 8 heteroatoms. The number of benzene rings is 2. The highest BCUT2D eigenvalue weighted by Crippen LogP contribution is 2.31. The lowest BCUT2D eigenvalue weighted by molar-refractivity contribution is -0.118. The normalized spacial score (nSPS) is 12.0. The fourth-order valence-electron chi connectivity index (χ4n) is 3.28. The first-order chi connectivity index (χ1) is 15.0. The summed E-state index contributed by atoms with van der Waals surface area (Å²) < 4.78 is 6.92. The van der Waals surface area contributed by atoms with Crippen LogP contribution in [0.25, 0.3) is 21.3 Å². The van der Waals surface area contributed by atoms with Crippen LogP contribution in [0, 0.1) is 0 Å². The minimum absolute atomic E-state index is 0.267. The predicted molar refractivity (Wildman–Crippen MR) is 125 cm³/mol. The first kappa shape index (κ1) is 21.1. The molecule has 2 aromatic carbocycles. The highest BCUT2D eigenvalue weighted by Gasteiger charge is 2.21. The number of thiophene rings is 1. The standard InChI is InChI=1S/C23H20ClN3O3S/c1-3-30-19-7-5-4-6-18(19)26-21(28)14(2)27-13-25-22-20(23(27)29)17(12-31-22)15-8-10-16(24)11-9-15/h4-14H,3H2,1-2H3,(H,26,28). The summed E-state index contributed by atoms with van der Waals surface area (Å²) in [6.45, 7) is 4.02. The minimum Gasteiger partial charge on any atom is -0.492 e. The van der Waals surface area contributed by atoms with Gasteiger partial charge in [0.15, 0.2) is 0 Å². The van der Waals surface area contributed by atoms with E-state index in [0.29, 0.717) is 33.3 Å². The third-order valence-corrected chi connectivity index (χ3v) is 6.05. The predicted octanol–water partition coefficient (Wildman–Crippen LogP) is 5.38. The number of carbonyl (C=O) groups is 1. The largest absolute Gasteiger partial charge is 0.492 e. The fourth-order valence-corrected chi connectivity index (χ4v) is 4.31. The molecule has 0 bridgehead atoms. The molecule has 1 unspecified atom stereocenters. The van der Waals surface area contributed by atoms with Gasteiger partial charge in [-0.05, 0) is 43.7 Å². The number of hydrogen-bond donors (Lipinski definition) is 1. The van der Waals surface area contributed by atoms with Gasteiger partial charge >= 0.3 is 0 Å². The second kappa shape index (κ2) is 8.91. The van der Waals surface area contributed by atoms with Crippen molar-refractivity contribution in [1.29, 1.82) is 0 Å². The van der Waals surface area contributed by atoms with E-state index in [4.69, 9.17) is 16.3 Å². The summed E-state index contributed by atoms with van der Waals surface area (Å²) in [5.41, 5.74) is 1.94. The van der Waals surface area contributed by atoms with Crippen LogP contribution in [0.4, 0.5) is 5.69 Å². The van der Waals surface area contributed by atoms with Gasteiger partial charge in [-0.15, -0.1) is 11.3 Å². The molecule has 0 fully saturated rings. The number of anilines is 1. The summed E-state index contributed by atoms with van der Waals surface area (Å²) in [7, 11) is 0. The topological polar surface area (TPSA) is 73.2 Å². The highest BCUT2D eigenvalue weighted by atomic mass is 35.5. The molecular formula is C23H20ClN3O3S. The Morgan fingerprint density at radius 2 is 1.97 bits per heavy atom. The first-order valence-electron chi connectivity index (χ1n) is 9.76. The zero-order valence-corrected chi connectivity index (χ0v) is 18.5. The Hall–Kier alpha value is -3.16. The molecule has 2 aromatic heterocycles. The smallest absolute Gasteiger partial charge is 0.263 e. The Balaban J connectivity index is 1.69. The van der Waals surface area contributed by atoms with E-state index in [1.807, 2.05) is 36.6 Å². The molecule has 4 aromatic rings. The molecule has 4 rings (SSSR count). The number of amides is 1. The maximum atomic E-state index is 13.3. The van der Waals surface area contributed by atoms with E-state index in [1.165, 1.54) is 22.2 Å². The Kier molecular flexibility index (Phi) is 6.06. The summed E-state index contributed by atoms with van der Waals surface area (Å²) >= 11 is 7.38. The molecule has 0 spiro atoms. The minimum atomic E-state index is -0.767. The molecule has 0 aliphatic carbocycles. The van der Waals surface area contributed by atoms with Crippen LogP contribution >= 0.6 is 22.9 Å². The van der Waals surface area contributed by atoms with E-state index in [2.05, 4.69) is 10.3 Å². The number of para-hydroxylation sites is 2. The quantitative estimate of drug-likeness (QED) is 0.425. The summed E-state index contributed by atoms with van der Waals surface area (Å²) in [4.78, 5) is 31.3. The van der Waals surface area contributed by atoms with Crippen molar-refractivity contribution in [3.8, 4) is 16.9 Å². The van der Waals surface area contributed by atoms with Gasteiger partial charge in [0, 0.05) is 16.0 Å². The van der Waals surface area contributed by atoms with Crippen LogP contribution in [0.3, 0.4) is 0 Å². The average molecular weight is 454 g/mol. The van der Waals surface area contributed by atoms with Crippen molar-refractivity contribution in [1.82, 2.24) is 9.55 Å². The number of nitrogens with zero attached hydrogens (tertiary/aromatic N) is 2. The number of aromatic nitrogens is 2. The molecule has 0 saturated heterocycles. The lowest BCUT2D eigenvalue weighted by Crippen LogP contribution is -2.31. The van der Waals surface area contributed by atoms with Crippen molar-refractivity contribution in [2.45, 2.75) is 19.9 Å². The second-order valence-electron chi connectivity index (χ2n) is 6.89. The van der Waals surface area contributed by atoms with Crippen LogP contribution < -0.4 is 15.6 Å². The van der Waals surface area contributed by atoms with E-state index >= 15 is 0 Å². The zero-order valence-electron chi connectivity index (χ0n) is 17.0. The van der Waals surface area contributed by atoms with Crippen molar-refractivity contribution in [3.63, 3.8) is 0 Å². The van der Waals surface area contributed by atoms with Crippen LogP contribution in [0.1, 0.15) is 19.9 Å². The van der Waals surface area contributed by atoms with Crippen molar-refractivity contribution in [2.24, 2.45) is 0 Å². The van der Waals surface area contributed by atoms with Gasteiger partial charge in [-0.25, -0.2) is 4.98 Å². The number of carbonyl (C=O) groups excluding carboxylic acids is 1. The average Bonchev–Trinajstić information content (AvgIpc) is 3.21. The van der Waals surface area contributed by atoms with Crippen LogP contribution in [0.2, 0.25) is 5.02 Å². The monoisotopic (exact) mass is 453 g/mol. The zero-order chi connectivity index (χ0) is 22.0. The van der Waals surface area contributed by atoms with E-state index in [1.54, 1.807) is 31.2 Å². The molecule has 0 saturated carbocycles. The molecule has 1 amide bonds. The highest BCUT2D eigenvalue weighted by molar-refractivity contribution is 7.17.